The summed E-state index contributed by atoms with van der Waals surface area (Å²) in [7, 11) is 0. The van der Waals surface area contributed by atoms with Crippen LogP contribution < -0.4 is 10.5 Å². The number of hydrogen-bond donors (Lipinski definition) is 1. The van der Waals surface area contributed by atoms with Crippen LogP contribution in [0.5, 0.6) is 5.75 Å². The molecule has 0 aliphatic carbocycles. The molecule has 0 bridgehead atoms. The average molecular weight is 191 g/mol. The molecule has 0 saturated carbocycles. The molecule has 2 rings (SSSR count). The lowest BCUT2D eigenvalue weighted by molar-refractivity contribution is -0.136. The van der Waals surface area contributed by atoms with E-state index in [1.165, 1.54) is 0 Å². The molecule has 0 spiro atoms. The zero-order chi connectivity index (χ0) is 10.3. The van der Waals surface area contributed by atoms with Crippen molar-refractivity contribution in [1.29, 1.82) is 0 Å². The Morgan fingerprint density at radius 1 is 1.43 bits per heavy atom. The normalized spacial score (nSPS) is 18.6. The SMILES string of the molecule is CC1(C)CC(=O)Oc2cc(N)ccc21. The fourth-order valence-corrected chi connectivity index (χ4v) is 1.80. The zero-order valence-corrected chi connectivity index (χ0v) is 8.33. The van der Waals surface area contributed by atoms with Crippen LogP contribution in [0.2, 0.25) is 0 Å². The molecular formula is C11H13NO2. The van der Waals surface area contributed by atoms with E-state index in [1.54, 1.807) is 6.07 Å². The summed E-state index contributed by atoms with van der Waals surface area (Å²) in [5.74, 6) is 0.416. The molecule has 0 unspecified atom stereocenters. The van der Waals surface area contributed by atoms with Crippen molar-refractivity contribution in [2.75, 3.05) is 5.73 Å². The second-order valence-electron chi connectivity index (χ2n) is 4.29. The number of hydrogen-bond acceptors (Lipinski definition) is 3. The van der Waals surface area contributed by atoms with Gasteiger partial charge in [0.2, 0.25) is 0 Å². The Labute approximate surface area is 82.9 Å². The van der Waals surface area contributed by atoms with Gasteiger partial charge in [0.1, 0.15) is 5.75 Å². The van der Waals surface area contributed by atoms with E-state index in [2.05, 4.69) is 0 Å². The molecule has 0 aromatic heterocycles. The van der Waals surface area contributed by atoms with Gasteiger partial charge in [0.25, 0.3) is 0 Å². The Morgan fingerprint density at radius 3 is 2.86 bits per heavy atom. The van der Waals surface area contributed by atoms with Gasteiger partial charge in [0, 0.05) is 22.7 Å². The van der Waals surface area contributed by atoms with E-state index in [-0.39, 0.29) is 11.4 Å². The van der Waals surface area contributed by atoms with E-state index < -0.39 is 0 Å². The van der Waals surface area contributed by atoms with Crippen molar-refractivity contribution < 1.29 is 9.53 Å². The highest BCUT2D eigenvalue weighted by Gasteiger charge is 2.33. The fraction of sp³-hybridized carbons (Fsp3) is 0.364. The second-order valence-corrected chi connectivity index (χ2v) is 4.29. The summed E-state index contributed by atoms with van der Waals surface area (Å²) in [5.41, 5.74) is 7.14. The molecular weight excluding hydrogens is 178 g/mol. The number of nitrogens with two attached hydrogens (primary N) is 1. The summed E-state index contributed by atoms with van der Waals surface area (Å²) in [5, 5.41) is 0. The highest BCUT2D eigenvalue weighted by Crippen LogP contribution is 2.39. The molecule has 1 heterocycles. The van der Waals surface area contributed by atoms with Gasteiger partial charge in [-0.3, -0.25) is 4.79 Å². The lowest BCUT2D eigenvalue weighted by Gasteiger charge is -2.30. The molecule has 0 fully saturated rings. The number of benzene rings is 1. The molecule has 74 valence electrons. The number of carbonyl (C=O) groups excluding carboxylic acids is 1. The summed E-state index contributed by atoms with van der Waals surface area (Å²) >= 11 is 0. The van der Waals surface area contributed by atoms with E-state index in [1.807, 2.05) is 26.0 Å². The summed E-state index contributed by atoms with van der Waals surface area (Å²) in [6.45, 7) is 4.06. The quantitative estimate of drug-likeness (QED) is 0.387. The van der Waals surface area contributed by atoms with Crippen LogP contribution in [0.4, 0.5) is 5.69 Å². The summed E-state index contributed by atoms with van der Waals surface area (Å²) < 4.78 is 5.13. The van der Waals surface area contributed by atoms with Crippen LogP contribution in [-0.2, 0) is 10.2 Å². The van der Waals surface area contributed by atoms with Crippen LogP contribution in [0.1, 0.15) is 25.8 Å². The van der Waals surface area contributed by atoms with Crippen molar-refractivity contribution in [3.63, 3.8) is 0 Å². The molecule has 0 amide bonds. The van der Waals surface area contributed by atoms with Crippen LogP contribution in [0, 0.1) is 0 Å². The molecule has 1 aromatic rings. The Hall–Kier alpha value is -1.51. The maximum Gasteiger partial charge on any atom is 0.312 e. The van der Waals surface area contributed by atoms with Crippen molar-refractivity contribution in [2.24, 2.45) is 0 Å². The molecule has 14 heavy (non-hydrogen) atoms. The van der Waals surface area contributed by atoms with Crippen molar-refractivity contribution in [3.05, 3.63) is 23.8 Å². The molecule has 3 heteroatoms. The molecule has 3 nitrogen and oxygen atoms in total. The third kappa shape index (κ3) is 1.35. The summed E-state index contributed by atoms with van der Waals surface area (Å²) in [4.78, 5) is 11.3. The number of anilines is 1. The Bertz CT molecular complexity index is 396. The van der Waals surface area contributed by atoms with Crippen LogP contribution >= 0.6 is 0 Å². The number of esters is 1. The minimum Gasteiger partial charge on any atom is -0.426 e. The van der Waals surface area contributed by atoms with Crippen LogP contribution in [-0.4, -0.2) is 5.97 Å². The van der Waals surface area contributed by atoms with Crippen molar-refractivity contribution in [1.82, 2.24) is 0 Å². The molecule has 1 aromatic carbocycles. The van der Waals surface area contributed by atoms with E-state index in [0.717, 1.165) is 5.56 Å². The Kier molecular flexibility index (Phi) is 1.77. The minimum atomic E-state index is -0.187. The lowest BCUT2D eigenvalue weighted by Crippen LogP contribution is -2.30. The standard InChI is InChI=1S/C11H13NO2/c1-11(2)6-10(13)14-9-5-7(12)3-4-8(9)11/h3-5H,6,12H2,1-2H3. The predicted octanol–water partition coefficient (Wildman–Crippen LogP) is 1.86. The third-order valence-electron chi connectivity index (χ3n) is 2.54. The zero-order valence-electron chi connectivity index (χ0n) is 8.33. The van der Waals surface area contributed by atoms with Gasteiger partial charge in [-0.1, -0.05) is 19.9 Å². The molecule has 2 N–H and O–H groups in total. The van der Waals surface area contributed by atoms with Gasteiger partial charge in [0.15, 0.2) is 0 Å². The Morgan fingerprint density at radius 2 is 2.14 bits per heavy atom. The van der Waals surface area contributed by atoms with Gasteiger partial charge in [-0.05, 0) is 6.07 Å². The number of fused-ring (bicyclic) bond motifs is 1. The van der Waals surface area contributed by atoms with Crippen LogP contribution in [0.25, 0.3) is 0 Å². The topological polar surface area (TPSA) is 52.3 Å². The maximum atomic E-state index is 11.3. The first-order chi connectivity index (χ1) is 6.49. The Balaban J connectivity index is 2.57. The summed E-state index contributed by atoms with van der Waals surface area (Å²) in [6, 6.07) is 5.46. The highest BCUT2D eigenvalue weighted by molar-refractivity contribution is 5.78. The van der Waals surface area contributed by atoms with Gasteiger partial charge in [0.05, 0.1) is 6.42 Å². The van der Waals surface area contributed by atoms with Gasteiger partial charge in [-0.15, -0.1) is 0 Å². The van der Waals surface area contributed by atoms with Crippen molar-refractivity contribution >= 4 is 11.7 Å². The van der Waals surface area contributed by atoms with Gasteiger partial charge < -0.3 is 10.5 Å². The fourth-order valence-electron chi connectivity index (χ4n) is 1.80. The molecule has 0 saturated heterocycles. The largest absolute Gasteiger partial charge is 0.426 e. The third-order valence-corrected chi connectivity index (χ3v) is 2.54. The minimum absolute atomic E-state index is 0.154. The highest BCUT2D eigenvalue weighted by atomic mass is 16.5. The first-order valence-electron chi connectivity index (χ1n) is 4.60. The van der Waals surface area contributed by atoms with Crippen LogP contribution in [0.3, 0.4) is 0 Å². The lowest BCUT2D eigenvalue weighted by atomic mass is 9.79. The predicted molar refractivity (Wildman–Crippen MR) is 54.1 cm³/mol. The number of ether oxygens (including phenoxy) is 1. The number of rotatable bonds is 0. The first kappa shape index (κ1) is 9.06. The van der Waals surface area contributed by atoms with Gasteiger partial charge >= 0.3 is 5.97 Å². The molecule has 1 aliphatic heterocycles. The van der Waals surface area contributed by atoms with Crippen molar-refractivity contribution in [2.45, 2.75) is 25.7 Å². The van der Waals surface area contributed by atoms with E-state index >= 15 is 0 Å². The van der Waals surface area contributed by atoms with E-state index in [0.29, 0.717) is 17.9 Å². The van der Waals surface area contributed by atoms with Gasteiger partial charge in [-0.2, -0.15) is 0 Å². The molecule has 1 aliphatic rings. The second kappa shape index (κ2) is 2.74. The first-order valence-corrected chi connectivity index (χ1v) is 4.60. The van der Waals surface area contributed by atoms with Gasteiger partial charge in [-0.25, -0.2) is 0 Å². The monoisotopic (exact) mass is 191 g/mol. The maximum absolute atomic E-state index is 11.3. The van der Waals surface area contributed by atoms with Crippen molar-refractivity contribution in [3.8, 4) is 5.75 Å². The number of nitrogen functional groups attached to an aromatic ring is 1. The summed E-state index contributed by atoms with van der Waals surface area (Å²) in [6.07, 6.45) is 0.421. The molecule has 0 radical (unpaired) electrons. The number of carbonyl (C=O) groups is 1. The molecule has 0 atom stereocenters. The average Bonchev–Trinajstić information content (AvgIpc) is 2.00. The van der Waals surface area contributed by atoms with Crippen LogP contribution in [0.15, 0.2) is 18.2 Å². The smallest absolute Gasteiger partial charge is 0.312 e. The van der Waals surface area contributed by atoms with E-state index in [9.17, 15) is 4.79 Å². The van der Waals surface area contributed by atoms with E-state index in [4.69, 9.17) is 10.5 Å².